The van der Waals surface area contributed by atoms with E-state index in [1.54, 1.807) is 0 Å². The summed E-state index contributed by atoms with van der Waals surface area (Å²) in [7, 11) is 0. The monoisotopic (exact) mass is 267 g/mol. The van der Waals surface area contributed by atoms with Crippen LogP contribution in [0.1, 0.15) is 39.5 Å². The van der Waals surface area contributed by atoms with E-state index in [-0.39, 0.29) is 17.9 Å². The zero-order valence-corrected chi connectivity index (χ0v) is 12.4. The second-order valence-electron chi connectivity index (χ2n) is 6.39. The number of carbonyl (C=O) groups is 1. The fourth-order valence-electron chi connectivity index (χ4n) is 3.49. The molecule has 110 valence electrons. The highest BCUT2D eigenvalue weighted by Gasteiger charge is 2.33. The van der Waals surface area contributed by atoms with E-state index in [2.05, 4.69) is 24.1 Å². The van der Waals surface area contributed by atoms with Gasteiger partial charge in [-0.15, -0.1) is 0 Å². The molecule has 0 aromatic carbocycles. The van der Waals surface area contributed by atoms with Gasteiger partial charge in [-0.2, -0.15) is 0 Å². The van der Waals surface area contributed by atoms with Crippen molar-refractivity contribution >= 4 is 5.91 Å². The van der Waals surface area contributed by atoms with Crippen molar-refractivity contribution in [2.45, 2.75) is 45.6 Å². The summed E-state index contributed by atoms with van der Waals surface area (Å²) in [5, 5.41) is 3.14. The van der Waals surface area contributed by atoms with Crippen LogP contribution in [-0.4, -0.2) is 43.0 Å². The largest absolute Gasteiger partial charge is 0.355 e. The first-order chi connectivity index (χ1) is 9.11. The van der Waals surface area contributed by atoms with E-state index in [4.69, 9.17) is 5.73 Å². The van der Waals surface area contributed by atoms with Crippen molar-refractivity contribution in [3.8, 4) is 0 Å². The molecule has 4 heteroatoms. The zero-order valence-electron chi connectivity index (χ0n) is 12.4. The van der Waals surface area contributed by atoms with Crippen LogP contribution in [0.4, 0.5) is 0 Å². The maximum atomic E-state index is 12.3. The van der Waals surface area contributed by atoms with Crippen LogP contribution in [-0.2, 0) is 4.79 Å². The van der Waals surface area contributed by atoms with Gasteiger partial charge in [-0.05, 0) is 44.2 Å². The summed E-state index contributed by atoms with van der Waals surface area (Å²) in [6, 6.07) is 0.0458. The Morgan fingerprint density at radius 3 is 2.84 bits per heavy atom. The molecule has 0 aromatic heterocycles. The molecule has 1 saturated heterocycles. The Labute approximate surface area is 117 Å². The van der Waals surface area contributed by atoms with Gasteiger partial charge < -0.3 is 16.0 Å². The summed E-state index contributed by atoms with van der Waals surface area (Å²) >= 11 is 0. The Hall–Kier alpha value is -0.610. The zero-order chi connectivity index (χ0) is 13.8. The van der Waals surface area contributed by atoms with Crippen LogP contribution >= 0.6 is 0 Å². The summed E-state index contributed by atoms with van der Waals surface area (Å²) in [6.45, 7) is 8.62. The first kappa shape index (κ1) is 14.8. The normalized spacial score (nSPS) is 36.4. The molecule has 0 bridgehead atoms. The Balaban J connectivity index is 1.75. The van der Waals surface area contributed by atoms with Crippen molar-refractivity contribution < 1.29 is 4.79 Å². The van der Waals surface area contributed by atoms with E-state index < -0.39 is 0 Å². The summed E-state index contributed by atoms with van der Waals surface area (Å²) in [6.07, 6.45) is 4.48. The minimum atomic E-state index is 0.0347. The van der Waals surface area contributed by atoms with Crippen molar-refractivity contribution in [2.24, 2.45) is 23.5 Å². The lowest BCUT2D eigenvalue weighted by Gasteiger charge is -2.33. The molecule has 4 unspecified atom stereocenters. The van der Waals surface area contributed by atoms with Gasteiger partial charge >= 0.3 is 0 Å². The predicted molar refractivity (Wildman–Crippen MR) is 77.7 cm³/mol. The highest BCUT2D eigenvalue weighted by atomic mass is 16.1. The summed E-state index contributed by atoms with van der Waals surface area (Å²) < 4.78 is 0. The highest BCUT2D eigenvalue weighted by Crippen LogP contribution is 2.28. The minimum absolute atomic E-state index is 0.0347. The van der Waals surface area contributed by atoms with E-state index in [9.17, 15) is 4.79 Å². The molecule has 19 heavy (non-hydrogen) atoms. The smallest absolute Gasteiger partial charge is 0.224 e. The molecule has 2 aliphatic rings. The van der Waals surface area contributed by atoms with Crippen molar-refractivity contribution in [2.75, 3.05) is 26.2 Å². The fourth-order valence-corrected chi connectivity index (χ4v) is 3.49. The number of hydrogen-bond acceptors (Lipinski definition) is 3. The van der Waals surface area contributed by atoms with Gasteiger partial charge in [-0.1, -0.05) is 20.3 Å². The van der Waals surface area contributed by atoms with Gasteiger partial charge in [-0.25, -0.2) is 0 Å². The van der Waals surface area contributed by atoms with E-state index in [0.717, 1.165) is 32.5 Å². The van der Waals surface area contributed by atoms with Gasteiger partial charge in [0.1, 0.15) is 0 Å². The van der Waals surface area contributed by atoms with Gasteiger partial charge in [0.25, 0.3) is 0 Å². The predicted octanol–water partition coefficient (Wildman–Crippen LogP) is 1.21. The molecule has 1 amide bonds. The second kappa shape index (κ2) is 6.71. The van der Waals surface area contributed by atoms with Gasteiger partial charge in [-0.3, -0.25) is 4.79 Å². The van der Waals surface area contributed by atoms with Crippen LogP contribution in [0.3, 0.4) is 0 Å². The molecular weight excluding hydrogens is 238 g/mol. The van der Waals surface area contributed by atoms with E-state index in [1.807, 2.05) is 0 Å². The van der Waals surface area contributed by atoms with E-state index >= 15 is 0 Å². The number of likely N-dealkylation sites (tertiary alicyclic amines) is 1. The van der Waals surface area contributed by atoms with Crippen LogP contribution in [0.2, 0.25) is 0 Å². The average Bonchev–Trinajstić information content (AvgIpc) is 2.87. The number of amides is 1. The van der Waals surface area contributed by atoms with Gasteiger partial charge in [0.15, 0.2) is 0 Å². The van der Waals surface area contributed by atoms with Crippen LogP contribution in [0.15, 0.2) is 0 Å². The topological polar surface area (TPSA) is 58.4 Å². The molecule has 0 aromatic rings. The molecule has 1 aliphatic heterocycles. The van der Waals surface area contributed by atoms with E-state index in [1.165, 1.54) is 19.4 Å². The first-order valence-electron chi connectivity index (χ1n) is 7.87. The molecule has 1 saturated carbocycles. The van der Waals surface area contributed by atoms with Gasteiger partial charge in [0, 0.05) is 19.1 Å². The van der Waals surface area contributed by atoms with Crippen molar-refractivity contribution in [1.82, 2.24) is 10.2 Å². The molecule has 1 heterocycles. The third-order valence-corrected chi connectivity index (χ3v) is 5.02. The number of nitrogens with zero attached hydrogens (tertiary/aromatic N) is 1. The molecule has 2 rings (SSSR count). The third kappa shape index (κ3) is 3.69. The number of rotatable bonds is 4. The van der Waals surface area contributed by atoms with Gasteiger partial charge in [0.2, 0.25) is 5.91 Å². The quantitative estimate of drug-likeness (QED) is 0.805. The molecule has 4 nitrogen and oxygen atoms in total. The van der Waals surface area contributed by atoms with Crippen molar-refractivity contribution in [3.05, 3.63) is 0 Å². The SMILES string of the molecule is CCN1CCC(CNC(=O)C2CCCC(C)C2N)C1. The van der Waals surface area contributed by atoms with Crippen LogP contribution in [0.5, 0.6) is 0 Å². The molecule has 4 atom stereocenters. The number of nitrogens with one attached hydrogen (secondary N) is 1. The molecule has 0 spiro atoms. The van der Waals surface area contributed by atoms with E-state index in [0.29, 0.717) is 11.8 Å². The van der Waals surface area contributed by atoms with Crippen LogP contribution in [0, 0.1) is 17.8 Å². The summed E-state index contributed by atoms with van der Waals surface area (Å²) in [4.78, 5) is 14.7. The van der Waals surface area contributed by atoms with Crippen molar-refractivity contribution in [3.63, 3.8) is 0 Å². The number of nitrogens with two attached hydrogens (primary N) is 1. The lowest BCUT2D eigenvalue weighted by atomic mass is 9.78. The molecule has 0 radical (unpaired) electrons. The summed E-state index contributed by atoms with van der Waals surface area (Å²) in [5.41, 5.74) is 6.18. The molecular formula is C15H29N3O. The fraction of sp³-hybridized carbons (Fsp3) is 0.933. The second-order valence-corrected chi connectivity index (χ2v) is 6.39. The van der Waals surface area contributed by atoms with Crippen molar-refractivity contribution in [1.29, 1.82) is 0 Å². The highest BCUT2D eigenvalue weighted by molar-refractivity contribution is 5.79. The summed E-state index contributed by atoms with van der Waals surface area (Å²) in [5.74, 6) is 1.33. The lowest BCUT2D eigenvalue weighted by molar-refractivity contribution is -0.127. The number of hydrogen-bond donors (Lipinski definition) is 2. The Bertz CT molecular complexity index is 308. The Morgan fingerprint density at radius 2 is 2.16 bits per heavy atom. The number of carbonyl (C=O) groups excluding carboxylic acids is 1. The van der Waals surface area contributed by atoms with Crippen LogP contribution < -0.4 is 11.1 Å². The first-order valence-corrected chi connectivity index (χ1v) is 7.87. The van der Waals surface area contributed by atoms with Crippen LogP contribution in [0.25, 0.3) is 0 Å². The Kier molecular flexibility index (Phi) is 5.22. The third-order valence-electron chi connectivity index (χ3n) is 5.02. The molecule has 2 fully saturated rings. The van der Waals surface area contributed by atoms with Gasteiger partial charge in [0.05, 0.1) is 5.92 Å². The average molecular weight is 267 g/mol. The standard InChI is InChI=1S/C15H29N3O/c1-3-18-8-7-12(10-18)9-17-15(19)13-6-4-5-11(2)14(13)16/h11-14H,3-10,16H2,1-2H3,(H,17,19). The minimum Gasteiger partial charge on any atom is -0.355 e. The Morgan fingerprint density at radius 1 is 1.37 bits per heavy atom. The maximum Gasteiger partial charge on any atom is 0.224 e. The maximum absolute atomic E-state index is 12.3. The molecule has 3 N–H and O–H groups in total. The molecule has 1 aliphatic carbocycles. The lowest BCUT2D eigenvalue weighted by Crippen LogP contribution is -2.48.